The van der Waals surface area contributed by atoms with Crippen molar-refractivity contribution in [2.24, 2.45) is 5.92 Å². The predicted octanol–water partition coefficient (Wildman–Crippen LogP) is 4.57. The average molecular weight is 406 g/mol. The number of para-hydroxylation sites is 1. The number of rotatable bonds is 5. The van der Waals surface area contributed by atoms with E-state index < -0.39 is 0 Å². The first-order chi connectivity index (χ1) is 14.6. The van der Waals surface area contributed by atoms with Crippen molar-refractivity contribution < 1.29 is 13.9 Å². The lowest BCUT2D eigenvalue weighted by molar-refractivity contribution is -0.120. The van der Waals surface area contributed by atoms with E-state index in [2.05, 4.69) is 15.3 Å². The molecule has 0 radical (unpaired) electrons. The quantitative estimate of drug-likeness (QED) is 0.672. The third kappa shape index (κ3) is 4.56. The molecule has 1 aliphatic heterocycles. The monoisotopic (exact) mass is 406 g/mol. The van der Waals surface area contributed by atoms with Crippen LogP contribution in [-0.4, -0.2) is 29.0 Å². The number of aryl methyl sites for hydroxylation is 1. The number of ether oxygens (including phenoxy) is 1. The van der Waals surface area contributed by atoms with E-state index in [1.54, 1.807) is 31.5 Å². The van der Waals surface area contributed by atoms with Crippen LogP contribution in [0.1, 0.15) is 18.4 Å². The Kier molecular flexibility index (Phi) is 5.88. The summed E-state index contributed by atoms with van der Waals surface area (Å²) in [5, 5.41) is 2.91. The van der Waals surface area contributed by atoms with Gasteiger partial charge in [-0.3, -0.25) is 4.79 Å². The SMILES string of the molecule is Cc1cc(NC(=O)[C@@H]2CCCN(c3nccnc3Oc3ccccc3)C2)ccc1F. The first-order valence-electron chi connectivity index (χ1n) is 9.96. The molecule has 3 aromatic rings. The fourth-order valence-electron chi connectivity index (χ4n) is 3.56. The van der Waals surface area contributed by atoms with Crippen molar-refractivity contribution in [3.8, 4) is 11.6 Å². The lowest BCUT2D eigenvalue weighted by Gasteiger charge is -2.33. The molecule has 6 nitrogen and oxygen atoms in total. The molecule has 0 unspecified atom stereocenters. The van der Waals surface area contributed by atoms with Gasteiger partial charge in [0.05, 0.1) is 5.92 Å². The highest BCUT2D eigenvalue weighted by Gasteiger charge is 2.28. The molecule has 1 fully saturated rings. The predicted molar refractivity (Wildman–Crippen MR) is 113 cm³/mol. The molecule has 0 bridgehead atoms. The van der Waals surface area contributed by atoms with Crippen LogP contribution in [-0.2, 0) is 4.79 Å². The standard InChI is InChI=1S/C23H23FN4O2/c1-16-14-18(9-10-20(16)24)27-22(29)17-6-5-13-28(15-17)21-23(26-12-11-25-21)30-19-7-3-2-4-8-19/h2-4,7-12,14,17H,5-6,13,15H2,1H3,(H,27,29)/t17-/m1/s1. The third-order valence-electron chi connectivity index (χ3n) is 5.12. The minimum Gasteiger partial charge on any atom is -0.436 e. The fraction of sp³-hybridized carbons (Fsp3) is 0.261. The molecule has 7 heteroatoms. The number of hydrogen-bond donors (Lipinski definition) is 1. The van der Waals surface area contributed by atoms with Gasteiger partial charge in [-0.05, 0) is 55.7 Å². The van der Waals surface area contributed by atoms with Crippen LogP contribution in [0.4, 0.5) is 15.9 Å². The molecule has 4 rings (SSSR count). The molecule has 2 heterocycles. The van der Waals surface area contributed by atoms with Gasteiger partial charge in [0.1, 0.15) is 11.6 Å². The Morgan fingerprint density at radius 1 is 1.17 bits per heavy atom. The van der Waals surface area contributed by atoms with Crippen molar-refractivity contribution in [3.63, 3.8) is 0 Å². The van der Waals surface area contributed by atoms with Gasteiger partial charge in [-0.15, -0.1) is 0 Å². The van der Waals surface area contributed by atoms with Crippen LogP contribution in [0.15, 0.2) is 60.9 Å². The molecule has 30 heavy (non-hydrogen) atoms. The van der Waals surface area contributed by atoms with E-state index >= 15 is 0 Å². The van der Waals surface area contributed by atoms with Gasteiger partial charge in [-0.2, -0.15) is 0 Å². The van der Waals surface area contributed by atoms with Crippen LogP contribution in [0.3, 0.4) is 0 Å². The second-order valence-corrected chi connectivity index (χ2v) is 7.34. The number of anilines is 2. The van der Waals surface area contributed by atoms with Crippen LogP contribution in [0.25, 0.3) is 0 Å². The summed E-state index contributed by atoms with van der Waals surface area (Å²) in [5.41, 5.74) is 1.10. The van der Waals surface area contributed by atoms with Crippen LogP contribution in [0.5, 0.6) is 11.6 Å². The molecule has 154 valence electrons. The lowest BCUT2D eigenvalue weighted by Crippen LogP contribution is -2.41. The third-order valence-corrected chi connectivity index (χ3v) is 5.12. The van der Waals surface area contributed by atoms with E-state index in [0.29, 0.717) is 35.2 Å². The average Bonchev–Trinajstić information content (AvgIpc) is 2.77. The van der Waals surface area contributed by atoms with E-state index in [0.717, 1.165) is 19.4 Å². The van der Waals surface area contributed by atoms with E-state index in [9.17, 15) is 9.18 Å². The first-order valence-corrected chi connectivity index (χ1v) is 9.96. The number of carbonyl (C=O) groups excluding carboxylic acids is 1. The first kappa shape index (κ1) is 19.8. The summed E-state index contributed by atoms with van der Waals surface area (Å²) in [4.78, 5) is 23.7. The number of aromatic nitrogens is 2. The zero-order chi connectivity index (χ0) is 20.9. The van der Waals surface area contributed by atoms with Crippen LogP contribution in [0, 0.1) is 18.7 Å². The van der Waals surface area contributed by atoms with Gasteiger partial charge in [0.25, 0.3) is 5.88 Å². The summed E-state index contributed by atoms with van der Waals surface area (Å²) < 4.78 is 19.4. The largest absolute Gasteiger partial charge is 0.436 e. The Balaban J connectivity index is 1.47. The number of halogens is 1. The molecule has 1 saturated heterocycles. The highest BCUT2D eigenvalue weighted by molar-refractivity contribution is 5.93. The summed E-state index contributed by atoms with van der Waals surface area (Å²) in [7, 11) is 0. The van der Waals surface area contributed by atoms with Gasteiger partial charge in [0.2, 0.25) is 5.91 Å². The van der Waals surface area contributed by atoms with E-state index in [1.165, 1.54) is 6.07 Å². The summed E-state index contributed by atoms with van der Waals surface area (Å²) in [6, 6.07) is 14.0. The summed E-state index contributed by atoms with van der Waals surface area (Å²) in [6.45, 7) is 2.95. The van der Waals surface area contributed by atoms with Gasteiger partial charge in [-0.1, -0.05) is 18.2 Å². The molecular formula is C23H23FN4O2. The van der Waals surface area contributed by atoms with Gasteiger partial charge in [-0.25, -0.2) is 14.4 Å². The molecule has 2 aromatic carbocycles. The zero-order valence-corrected chi connectivity index (χ0v) is 16.7. The maximum atomic E-state index is 13.5. The zero-order valence-electron chi connectivity index (χ0n) is 16.7. The number of amides is 1. The van der Waals surface area contributed by atoms with Crippen molar-refractivity contribution in [1.29, 1.82) is 0 Å². The Morgan fingerprint density at radius 2 is 1.97 bits per heavy atom. The maximum Gasteiger partial charge on any atom is 0.263 e. The molecule has 1 atom stereocenters. The topological polar surface area (TPSA) is 67.4 Å². The lowest BCUT2D eigenvalue weighted by atomic mass is 9.97. The molecule has 1 aromatic heterocycles. The van der Waals surface area contributed by atoms with Crippen molar-refractivity contribution in [2.75, 3.05) is 23.3 Å². The Labute approximate surface area is 174 Å². The van der Waals surface area contributed by atoms with Crippen molar-refractivity contribution >= 4 is 17.4 Å². The summed E-state index contributed by atoms with van der Waals surface area (Å²) >= 11 is 0. The Morgan fingerprint density at radius 3 is 2.77 bits per heavy atom. The minimum absolute atomic E-state index is 0.0832. The highest BCUT2D eigenvalue weighted by atomic mass is 19.1. The smallest absolute Gasteiger partial charge is 0.263 e. The van der Waals surface area contributed by atoms with Crippen LogP contribution >= 0.6 is 0 Å². The second kappa shape index (κ2) is 8.90. The van der Waals surface area contributed by atoms with E-state index in [1.807, 2.05) is 35.2 Å². The molecule has 1 amide bonds. The number of nitrogens with one attached hydrogen (secondary N) is 1. The van der Waals surface area contributed by atoms with Crippen molar-refractivity contribution in [1.82, 2.24) is 9.97 Å². The Hall–Kier alpha value is -3.48. The van der Waals surface area contributed by atoms with Gasteiger partial charge < -0.3 is 15.0 Å². The molecule has 1 aliphatic rings. The fourth-order valence-corrected chi connectivity index (χ4v) is 3.56. The van der Waals surface area contributed by atoms with E-state index in [4.69, 9.17) is 4.74 Å². The summed E-state index contributed by atoms with van der Waals surface area (Å²) in [5.74, 6) is 1.13. The van der Waals surface area contributed by atoms with Gasteiger partial charge in [0, 0.05) is 31.2 Å². The molecule has 0 spiro atoms. The number of piperidine rings is 1. The number of nitrogens with zero attached hydrogens (tertiary/aromatic N) is 3. The highest BCUT2D eigenvalue weighted by Crippen LogP contribution is 2.31. The van der Waals surface area contributed by atoms with Crippen molar-refractivity contribution in [3.05, 3.63) is 72.3 Å². The van der Waals surface area contributed by atoms with Crippen LogP contribution in [0.2, 0.25) is 0 Å². The van der Waals surface area contributed by atoms with Crippen LogP contribution < -0.4 is 15.0 Å². The van der Waals surface area contributed by atoms with Gasteiger partial charge in [0.15, 0.2) is 5.82 Å². The minimum atomic E-state index is -0.287. The number of hydrogen-bond acceptors (Lipinski definition) is 5. The Bertz CT molecular complexity index is 1030. The normalized spacial score (nSPS) is 16.2. The number of carbonyl (C=O) groups is 1. The molecule has 0 saturated carbocycles. The second-order valence-electron chi connectivity index (χ2n) is 7.34. The van der Waals surface area contributed by atoms with Crippen molar-refractivity contribution in [2.45, 2.75) is 19.8 Å². The maximum absolute atomic E-state index is 13.5. The molecule has 0 aliphatic carbocycles. The molecular weight excluding hydrogens is 383 g/mol. The summed E-state index contributed by atoms with van der Waals surface area (Å²) in [6.07, 6.45) is 4.84. The molecule has 1 N–H and O–H groups in total. The number of benzene rings is 2. The van der Waals surface area contributed by atoms with Gasteiger partial charge >= 0.3 is 0 Å². The van der Waals surface area contributed by atoms with E-state index in [-0.39, 0.29) is 17.6 Å².